The molecule has 0 saturated heterocycles. The van der Waals surface area contributed by atoms with Gasteiger partial charge in [0.2, 0.25) is 5.91 Å². The molecule has 2 N–H and O–H groups in total. The number of pyridine rings is 1. The number of anilines is 1. The first-order valence-electron chi connectivity index (χ1n) is 7.91. The van der Waals surface area contributed by atoms with Crippen LogP contribution in [0.3, 0.4) is 0 Å². The summed E-state index contributed by atoms with van der Waals surface area (Å²) in [5.41, 5.74) is 6.35. The number of nitrogens with two attached hydrogens (primary N) is 1. The van der Waals surface area contributed by atoms with E-state index < -0.39 is 5.91 Å². The van der Waals surface area contributed by atoms with Gasteiger partial charge in [0.05, 0.1) is 5.56 Å². The van der Waals surface area contributed by atoms with E-state index in [1.165, 1.54) is 23.2 Å². The molecule has 26 heavy (non-hydrogen) atoms. The smallest absolute Gasteiger partial charge is 0.276 e. The lowest BCUT2D eigenvalue weighted by Crippen LogP contribution is -2.27. The van der Waals surface area contributed by atoms with Gasteiger partial charge in [-0.25, -0.2) is 0 Å². The number of rotatable bonds is 5. The van der Waals surface area contributed by atoms with Crippen LogP contribution in [0.2, 0.25) is 0 Å². The van der Waals surface area contributed by atoms with Crippen molar-refractivity contribution in [2.45, 2.75) is 0 Å². The number of aromatic nitrogens is 1. The highest BCUT2D eigenvalue weighted by Gasteiger charge is 2.15. The molecule has 130 valence electrons. The van der Waals surface area contributed by atoms with Crippen LogP contribution in [0.25, 0.3) is 0 Å². The molecule has 6 nitrogen and oxygen atoms in total. The number of carbonyl (C=O) groups is 2. The molecule has 0 bridgehead atoms. The summed E-state index contributed by atoms with van der Waals surface area (Å²) in [7, 11) is 1.65. The second-order valence-corrected chi connectivity index (χ2v) is 5.57. The van der Waals surface area contributed by atoms with Gasteiger partial charge in [0.15, 0.2) is 0 Å². The van der Waals surface area contributed by atoms with Crippen LogP contribution in [0.1, 0.15) is 20.8 Å². The number of primary amides is 1. The molecule has 0 aliphatic rings. The van der Waals surface area contributed by atoms with Gasteiger partial charge in [0.1, 0.15) is 17.2 Å². The third kappa shape index (κ3) is 3.87. The minimum atomic E-state index is -0.584. The Morgan fingerprint density at radius 2 is 1.58 bits per heavy atom. The van der Waals surface area contributed by atoms with Crippen molar-refractivity contribution in [1.82, 2.24) is 4.98 Å². The van der Waals surface area contributed by atoms with Gasteiger partial charge in [-0.3, -0.25) is 14.6 Å². The highest BCUT2D eigenvalue weighted by molar-refractivity contribution is 6.04. The molecule has 2 amide bonds. The predicted octanol–water partition coefficient (Wildman–Crippen LogP) is 3.25. The largest absolute Gasteiger partial charge is 0.457 e. The Labute approximate surface area is 150 Å². The monoisotopic (exact) mass is 347 g/mol. The van der Waals surface area contributed by atoms with Crippen LogP contribution in [0.5, 0.6) is 11.5 Å². The Morgan fingerprint density at radius 1 is 0.923 bits per heavy atom. The van der Waals surface area contributed by atoms with Crippen molar-refractivity contribution in [3.8, 4) is 11.5 Å². The van der Waals surface area contributed by atoms with Crippen molar-refractivity contribution in [1.29, 1.82) is 0 Å². The Kier molecular flexibility index (Phi) is 4.94. The molecule has 6 heteroatoms. The van der Waals surface area contributed by atoms with Gasteiger partial charge in [-0.1, -0.05) is 18.2 Å². The fourth-order valence-electron chi connectivity index (χ4n) is 2.32. The summed E-state index contributed by atoms with van der Waals surface area (Å²) in [6.45, 7) is 0. The summed E-state index contributed by atoms with van der Waals surface area (Å²) in [6, 6.07) is 19.5. The molecule has 0 aliphatic carbocycles. The number of hydrogen-bond acceptors (Lipinski definition) is 4. The van der Waals surface area contributed by atoms with Crippen LogP contribution >= 0.6 is 0 Å². The average Bonchev–Trinajstić information content (AvgIpc) is 2.68. The number of ether oxygens (including phenoxy) is 1. The van der Waals surface area contributed by atoms with Crippen LogP contribution in [0.4, 0.5) is 5.69 Å². The SMILES string of the molecule is CN(C(=O)c1ccc(C(N)=O)cn1)c1ccc(Oc2ccccc2)cc1. The Balaban J connectivity index is 1.71. The zero-order chi connectivity index (χ0) is 18.5. The van der Waals surface area contributed by atoms with Crippen molar-refractivity contribution < 1.29 is 14.3 Å². The zero-order valence-corrected chi connectivity index (χ0v) is 14.1. The second-order valence-electron chi connectivity index (χ2n) is 5.57. The van der Waals surface area contributed by atoms with E-state index >= 15 is 0 Å². The van der Waals surface area contributed by atoms with Crippen molar-refractivity contribution >= 4 is 17.5 Å². The highest BCUT2D eigenvalue weighted by Crippen LogP contribution is 2.24. The summed E-state index contributed by atoms with van der Waals surface area (Å²) in [5, 5.41) is 0. The summed E-state index contributed by atoms with van der Waals surface area (Å²) in [5.74, 6) is 0.532. The second kappa shape index (κ2) is 7.48. The van der Waals surface area contributed by atoms with E-state index in [2.05, 4.69) is 4.98 Å². The lowest BCUT2D eigenvalue weighted by molar-refractivity contribution is 0.0980. The first-order valence-corrected chi connectivity index (χ1v) is 7.91. The van der Waals surface area contributed by atoms with Crippen molar-refractivity contribution in [3.63, 3.8) is 0 Å². The Bertz CT molecular complexity index is 907. The van der Waals surface area contributed by atoms with Gasteiger partial charge in [0, 0.05) is 18.9 Å². The molecule has 0 atom stereocenters. The van der Waals surface area contributed by atoms with Crippen molar-refractivity contribution in [2.75, 3.05) is 11.9 Å². The van der Waals surface area contributed by atoms with Gasteiger partial charge >= 0.3 is 0 Å². The molecule has 0 unspecified atom stereocenters. The maximum Gasteiger partial charge on any atom is 0.276 e. The summed E-state index contributed by atoms with van der Waals surface area (Å²) < 4.78 is 5.73. The van der Waals surface area contributed by atoms with Gasteiger partial charge < -0.3 is 15.4 Å². The molecule has 3 rings (SSSR count). The fourth-order valence-corrected chi connectivity index (χ4v) is 2.32. The van der Waals surface area contributed by atoms with E-state index in [-0.39, 0.29) is 17.2 Å². The number of benzene rings is 2. The van der Waals surface area contributed by atoms with Crippen LogP contribution in [0.15, 0.2) is 72.9 Å². The predicted molar refractivity (Wildman–Crippen MR) is 98.4 cm³/mol. The van der Waals surface area contributed by atoms with E-state index in [0.717, 1.165) is 5.75 Å². The van der Waals surface area contributed by atoms with Crippen LogP contribution < -0.4 is 15.4 Å². The number of para-hydroxylation sites is 1. The molecular formula is C20H17N3O3. The van der Waals surface area contributed by atoms with Crippen LogP contribution in [-0.2, 0) is 0 Å². The number of nitrogens with zero attached hydrogens (tertiary/aromatic N) is 2. The molecule has 0 aliphatic heterocycles. The average molecular weight is 347 g/mol. The van der Waals surface area contributed by atoms with Gasteiger partial charge in [-0.2, -0.15) is 0 Å². The first-order chi connectivity index (χ1) is 12.5. The molecule has 1 heterocycles. The van der Waals surface area contributed by atoms with E-state index in [9.17, 15) is 9.59 Å². The maximum absolute atomic E-state index is 12.5. The fraction of sp³-hybridized carbons (Fsp3) is 0.0500. The zero-order valence-electron chi connectivity index (χ0n) is 14.1. The quantitative estimate of drug-likeness (QED) is 0.768. The Hall–Kier alpha value is -3.67. The van der Waals surface area contributed by atoms with E-state index in [1.807, 2.05) is 30.3 Å². The maximum atomic E-state index is 12.5. The molecule has 0 saturated carbocycles. The minimum absolute atomic E-state index is 0.224. The lowest BCUT2D eigenvalue weighted by atomic mass is 10.2. The molecule has 0 radical (unpaired) electrons. The molecule has 2 aromatic carbocycles. The number of hydrogen-bond donors (Lipinski definition) is 1. The van der Waals surface area contributed by atoms with Crippen molar-refractivity contribution in [2.24, 2.45) is 5.73 Å². The molecule has 1 aromatic heterocycles. The minimum Gasteiger partial charge on any atom is -0.457 e. The van der Waals surface area contributed by atoms with Crippen LogP contribution in [0, 0.1) is 0 Å². The van der Waals surface area contributed by atoms with Gasteiger partial charge in [-0.15, -0.1) is 0 Å². The van der Waals surface area contributed by atoms with Crippen LogP contribution in [-0.4, -0.2) is 23.8 Å². The molecule has 0 spiro atoms. The summed E-state index contributed by atoms with van der Waals surface area (Å²) >= 11 is 0. The lowest BCUT2D eigenvalue weighted by Gasteiger charge is -2.17. The third-order valence-corrected chi connectivity index (χ3v) is 3.77. The number of amides is 2. The standard InChI is InChI=1S/C20H17N3O3/c1-23(20(25)18-12-7-14(13-22-18)19(21)24)15-8-10-17(11-9-15)26-16-5-3-2-4-6-16/h2-13H,1H3,(H2,21,24). The first kappa shape index (κ1) is 17.2. The highest BCUT2D eigenvalue weighted by atomic mass is 16.5. The molecular weight excluding hydrogens is 330 g/mol. The van der Waals surface area contributed by atoms with Gasteiger partial charge in [0.25, 0.3) is 5.91 Å². The van der Waals surface area contributed by atoms with Gasteiger partial charge in [-0.05, 0) is 48.5 Å². The summed E-state index contributed by atoms with van der Waals surface area (Å²) in [4.78, 5) is 29.1. The summed E-state index contributed by atoms with van der Waals surface area (Å²) in [6.07, 6.45) is 1.29. The molecule has 3 aromatic rings. The van der Waals surface area contributed by atoms with E-state index in [0.29, 0.717) is 11.4 Å². The normalized spacial score (nSPS) is 10.2. The van der Waals surface area contributed by atoms with E-state index in [4.69, 9.17) is 10.5 Å². The Morgan fingerprint density at radius 3 is 2.15 bits per heavy atom. The molecule has 0 fully saturated rings. The number of carbonyl (C=O) groups excluding carboxylic acids is 2. The van der Waals surface area contributed by atoms with E-state index in [1.54, 1.807) is 31.3 Å². The van der Waals surface area contributed by atoms with Crippen molar-refractivity contribution in [3.05, 3.63) is 84.2 Å². The third-order valence-electron chi connectivity index (χ3n) is 3.77. The topological polar surface area (TPSA) is 85.5 Å².